The molecule has 0 radical (unpaired) electrons. The molecule has 26 heavy (non-hydrogen) atoms. The van der Waals surface area contributed by atoms with Crippen molar-refractivity contribution in [2.24, 2.45) is 0 Å². The van der Waals surface area contributed by atoms with E-state index < -0.39 is 36.3 Å². The van der Waals surface area contributed by atoms with Gasteiger partial charge in [0.1, 0.15) is 18.5 Å². The van der Waals surface area contributed by atoms with Crippen LogP contribution in [0.3, 0.4) is 0 Å². The maximum absolute atomic E-state index is 13.5. The van der Waals surface area contributed by atoms with Crippen LogP contribution < -0.4 is 5.32 Å². The number of amides is 3. The summed E-state index contributed by atoms with van der Waals surface area (Å²) in [7, 11) is 0. The average Bonchev–Trinajstić information content (AvgIpc) is 3.05. The molecule has 2 rings (SSSR count). The van der Waals surface area contributed by atoms with Gasteiger partial charge in [-0.15, -0.1) is 0 Å². The fourth-order valence-electron chi connectivity index (χ4n) is 3.21. The van der Waals surface area contributed by atoms with Gasteiger partial charge in [-0.3, -0.25) is 14.4 Å². The summed E-state index contributed by atoms with van der Waals surface area (Å²) in [4.78, 5) is 40.1. The highest BCUT2D eigenvalue weighted by Crippen LogP contribution is 2.23. The van der Waals surface area contributed by atoms with Crippen molar-refractivity contribution in [2.75, 3.05) is 26.2 Å². The number of aliphatic hydroxyl groups is 1. The van der Waals surface area contributed by atoms with Crippen molar-refractivity contribution < 1.29 is 23.9 Å². The van der Waals surface area contributed by atoms with E-state index in [0.717, 1.165) is 6.07 Å². The van der Waals surface area contributed by atoms with E-state index in [0.29, 0.717) is 13.1 Å². The predicted molar refractivity (Wildman–Crippen MR) is 92.8 cm³/mol. The molecule has 3 amide bonds. The Labute approximate surface area is 151 Å². The van der Waals surface area contributed by atoms with Crippen molar-refractivity contribution in [3.8, 4) is 0 Å². The monoisotopic (exact) mass is 365 g/mol. The van der Waals surface area contributed by atoms with E-state index in [2.05, 4.69) is 5.32 Å². The second-order valence-electron chi connectivity index (χ2n) is 6.15. The minimum Gasteiger partial charge on any atom is -0.387 e. The van der Waals surface area contributed by atoms with Crippen LogP contribution in [0.4, 0.5) is 4.39 Å². The van der Waals surface area contributed by atoms with Crippen LogP contribution >= 0.6 is 0 Å². The summed E-state index contributed by atoms with van der Waals surface area (Å²) in [5, 5.41) is 11.5. The van der Waals surface area contributed by atoms with Crippen molar-refractivity contribution in [1.29, 1.82) is 0 Å². The minimum atomic E-state index is -0.741. The van der Waals surface area contributed by atoms with Gasteiger partial charge in [-0.05, 0) is 38.5 Å². The summed E-state index contributed by atoms with van der Waals surface area (Å²) in [6.07, 6.45) is 0.252. The Hall–Kier alpha value is -2.48. The first-order chi connectivity index (χ1) is 12.4. The van der Waals surface area contributed by atoms with Gasteiger partial charge in [-0.25, -0.2) is 4.39 Å². The summed E-state index contributed by atoms with van der Waals surface area (Å²) >= 11 is 0. The lowest BCUT2D eigenvalue weighted by molar-refractivity contribution is -0.135. The quantitative estimate of drug-likeness (QED) is 0.763. The Morgan fingerprint density at radius 3 is 2.58 bits per heavy atom. The molecule has 8 heteroatoms. The number of carbonyl (C=O) groups excluding carboxylic acids is 3. The average molecular weight is 365 g/mol. The van der Waals surface area contributed by atoms with Gasteiger partial charge in [0.2, 0.25) is 11.8 Å². The highest BCUT2D eigenvalue weighted by atomic mass is 19.1. The van der Waals surface area contributed by atoms with Crippen LogP contribution in [0.15, 0.2) is 24.3 Å². The maximum Gasteiger partial charge on any atom is 0.254 e. The standard InChI is InChI=1S/C18H24FN3O4/c1-3-21(4-2)18(26)15-9-14(20-16(24)11-23)10-22(15)17(25)12-6-5-7-13(19)8-12/h5-8,14-15,23H,3-4,9-11H2,1-2H3,(H,20,24)/t14-,15-/m0/s1. The zero-order valence-electron chi connectivity index (χ0n) is 14.9. The van der Waals surface area contributed by atoms with Crippen LogP contribution in [0.2, 0.25) is 0 Å². The fraction of sp³-hybridized carbons (Fsp3) is 0.500. The van der Waals surface area contributed by atoms with Crippen LogP contribution in [0.25, 0.3) is 0 Å². The molecule has 0 saturated carbocycles. The topological polar surface area (TPSA) is 89.9 Å². The molecule has 1 fully saturated rings. The Kier molecular flexibility index (Phi) is 6.68. The minimum absolute atomic E-state index is 0.124. The number of nitrogens with zero attached hydrogens (tertiary/aromatic N) is 2. The zero-order valence-corrected chi connectivity index (χ0v) is 14.9. The van der Waals surface area contributed by atoms with Crippen LogP contribution in [0, 0.1) is 5.82 Å². The number of hydrogen-bond donors (Lipinski definition) is 2. The molecular weight excluding hydrogens is 341 g/mol. The molecule has 0 unspecified atom stereocenters. The van der Waals surface area contributed by atoms with E-state index in [-0.39, 0.29) is 24.4 Å². The third kappa shape index (κ3) is 4.37. The highest BCUT2D eigenvalue weighted by molar-refractivity contribution is 5.98. The summed E-state index contributed by atoms with van der Waals surface area (Å²) < 4.78 is 13.5. The summed E-state index contributed by atoms with van der Waals surface area (Å²) in [6.45, 7) is 4.16. The zero-order chi connectivity index (χ0) is 19.3. The third-order valence-corrected chi connectivity index (χ3v) is 4.50. The van der Waals surface area contributed by atoms with Crippen molar-refractivity contribution in [3.63, 3.8) is 0 Å². The second-order valence-corrected chi connectivity index (χ2v) is 6.15. The number of likely N-dealkylation sites (tertiary alicyclic amines) is 1. The molecule has 1 saturated heterocycles. The van der Waals surface area contributed by atoms with E-state index in [1.807, 2.05) is 13.8 Å². The van der Waals surface area contributed by atoms with E-state index in [9.17, 15) is 18.8 Å². The number of benzene rings is 1. The third-order valence-electron chi connectivity index (χ3n) is 4.50. The first-order valence-electron chi connectivity index (χ1n) is 8.66. The maximum atomic E-state index is 13.5. The Bertz CT molecular complexity index is 678. The number of likely N-dealkylation sites (N-methyl/N-ethyl adjacent to an activating group) is 1. The SMILES string of the molecule is CCN(CC)C(=O)[C@@H]1C[C@H](NC(=O)CO)CN1C(=O)c1cccc(F)c1. The number of nitrogens with one attached hydrogen (secondary N) is 1. The number of rotatable bonds is 6. The molecule has 0 aromatic heterocycles. The van der Waals surface area contributed by atoms with Crippen molar-refractivity contribution in [2.45, 2.75) is 32.4 Å². The molecule has 0 aliphatic carbocycles. The van der Waals surface area contributed by atoms with Gasteiger partial charge >= 0.3 is 0 Å². The fourth-order valence-corrected chi connectivity index (χ4v) is 3.21. The predicted octanol–water partition coefficient (Wildman–Crippen LogP) is 0.386. The van der Waals surface area contributed by atoms with Crippen LogP contribution in [0.5, 0.6) is 0 Å². The van der Waals surface area contributed by atoms with E-state index >= 15 is 0 Å². The summed E-state index contributed by atoms with van der Waals surface area (Å²) in [5.41, 5.74) is 0.150. The van der Waals surface area contributed by atoms with Crippen molar-refractivity contribution in [1.82, 2.24) is 15.1 Å². The summed E-state index contributed by atoms with van der Waals surface area (Å²) in [5.74, 6) is -1.77. The van der Waals surface area contributed by atoms with Crippen molar-refractivity contribution >= 4 is 17.7 Å². The van der Waals surface area contributed by atoms with Gasteiger partial charge in [0.05, 0.1) is 0 Å². The molecule has 1 aromatic carbocycles. The number of carbonyl (C=O) groups is 3. The van der Waals surface area contributed by atoms with E-state index in [1.54, 1.807) is 4.90 Å². The van der Waals surface area contributed by atoms with E-state index in [4.69, 9.17) is 5.11 Å². The number of halogens is 1. The molecule has 0 bridgehead atoms. The lowest BCUT2D eigenvalue weighted by atomic mass is 10.1. The lowest BCUT2D eigenvalue weighted by Gasteiger charge is -2.28. The lowest BCUT2D eigenvalue weighted by Crippen LogP contribution is -2.47. The number of aliphatic hydroxyl groups excluding tert-OH is 1. The van der Waals surface area contributed by atoms with Gasteiger partial charge in [-0.1, -0.05) is 6.07 Å². The first-order valence-corrected chi connectivity index (χ1v) is 8.66. The molecule has 1 heterocycles. The van der Waals surface area contributed by atoms with Gasteiger partial charge in [0.15, 0.2) is 0 Å². The largest absolute Gasteiger partial charge is 0.387 e. The van der Waals surface area contributed by atoms with Gasteiger partial charge in [0.25, 0.3) is 5.91 Å². The molecule has 2 atom stereocenters. The molecule has 142 valence electrons. The van der Waals surface area contributed by atoms with E-state index in [1.165, 1.54) is 23.1 Å². The molecular formula is C18H24FN3O4. The second kappa shape index (κ2) is 8.75. The smallest absolute Gasteiger partial charge is 0.254 e. The first kappa shape index (κ1) is 19.8. The molecule has 7 nitrogen and oxygen atoms in total. The normalized spacial score (nSPS) is 19.3. The number of hydrogen-bond acceptors (Lipinski definition) is 4. The Balaban J connectivity index is 2.27. The molecule has 2 N–H and O–H groups in total. The highest BCUT2D eigenvalue weighted by Gasteiger charge is 2.41. The Morgan fingerprint density at radius 2 is 2.00 bits per heavy atom. The van der Waals surface area contributed by atoms with Gasteiger partial charge in [0, 0.05) is 31.2 Å². The van der Waals surface area contributed by atoms with Crippen molar-refractivity contribution in [3.05, 3.63) is 35.6 Å². The van der Waals surface area contributed by atoms with Crippen LogP contribution in [-0.2, 0) is 9.59 Å². The van der Waals surface area contributed by atoms with Gasteiger partial charge < -0.3 is 20.2 Å². The van der Waals surface area contributed by atoms with Gasteiger partial charge in [-0.2, -0.15) is 0 Å². The van der Waals surface area contributed by atoms with Crippen LogP contribution in [0.1, 0.15) is 30.6 Å². The Morgan fingerprint density at radius 1 is 1.31 bits per heavy atom. The van der Waals surface area contributed by atoms with Crippen LogP contribution in [-0.4, -0.2) is 71.0 Å². The molecule has 1 aliphatic heterocycles. The summed E-state index contributed by atoms with van der Waals surface area (Å²) in [6, 6.07) is 4.10. The molecule has 1 aromatic rings. The molecule has 0 spiro atoms. The molecule has 1 aliphatic rings.